The van der Waals surface area contributed by atoms with Crippen LogP contribution in [0.2, 0.25) is 0 Å². The molecule has 1 fully saturated rings. The minimum atomic E-state index is 0.0870. The van der Waals surface area contributed by atoms with E-state index in [4.69, 9.17) is 0 Å². The molecule has 1 aromatic rings. The molecule has 1 aromatic carbocycles. The quantitative estimate of drug-likeness (QED) is 0.751. The Morgan fingerprint density at radius 1 is 1.14 bits per heavy atom. The third kappa shape index (κ3) is 5.47. The zero-order valence-corrected chi connectivity index (χ0v) is 13.3. The number of allylic oxidation sites excluding steroid dienone is 1. The SMILES string of the molecule is CC1CCN(C(=O)CCCC(=O)C=Cc2ccccc2)CC1. The molecule has 0 N–H and O–H groups in total. The van der Waals surface area contributed by atoms with Gasteiger partial charge in [-0.25, -0.2) is 0 Å². The maximum absolute atomic E-state index is 12.1. The van der Waals surface area contributed by atoms with Gasteiger partial charge in [0.2, 0.25) is 5.91 Å². The van der Waals surface area contributed by atoms with Gasteiger partial charge in [-0.15, -0.1) is 0 Å². The van der Waals surface area contributed by atoms with Crippen LogP contribution in [-0.4, -0.2) is 29.7 Å². The molecular formula is C19H25NO2. The molecule has 118 valence electrons. The van der Waals surface area contributed by atoms with Gasteiger partial charge in [0.05, 0.1) is 0 Å². The summed E-state index contributed by atoms with van der Waals surface area (Å²) in [4.78, 5) is 25.8. The Labute approximate surface area is 133 Å². The lowest BCUT2D eigenvalue weighted by atomic mass is 9.99. The predicted octanol–water partition coefficient (Wildman–Crippen LogP) is 3.70. The van der Waals surface area contributed by atoms with Crippen molar-refractivity contribution in [3.05, 3.63) is 42.0 Å². The summed E-state index contributed by atoms with van der Waals surface area (Å²) in [7, 11) is 0. The lowest BCUT2D eigenvalue weighted by Crippen LogP contribution is -2.37. The Morgan fingerprint density at radius 3 is 2.50 bits per heavy atom. The minimum Gasteiger partial charge on any atom is -0.343 e. The third-order valence-electron chi connectivity index (χ3n) is 4.21. The Morgan fingerprint density at radius 2 is 1.82 bits per heavy atom. The summed E-state index contributed by atoms with van der Waals surface area (Å²) in [5.41, 5.74) is 1.02. The second-order valence-corrected chi connectivity index (χ2v) is 6.13. The molecule has 0 radical (unpaired) electrons. The van der Waals surface area contributed by atoms with Crippen LogP contribution >= 0.6 is 0 Å². The van der Waals surface area contributed by atoms with Gasteiger partial charge in [-0.05, 0) is 36.8 Å². The van der Waals surface area contributed by atoms with Crippen molar-refractivity contribution in [1.29, 1.82) is 0 Å². The average Bonchev–Trinajstić information content (AvgIpc) is 2.54. The van der Waals surface area contributed by atoms with Crippen LogP contribution in [0.25, 0.3) is 6.08 Å². The van der Waals surface area contributed by atoms with E-state index in [1.165, 1.54) is 0 Å². The topological polar surface area (TPSA) is 37.4 Å². The molecule has 1 heterocycles. The fourth-order valence-electron chi connectivity index (χ4n) is 2.67. The van der Waals surface area contributed by atoms with Crippen molar-refractivity contribution in [3.63, 3.8) is 0 Å². The van der Waals surface area contributed by atoms with E-state index in [-0.39, 0.29) is 11.7 Å². The minimum absolute atomic E-state index is 0.0870. The van der Waals surface area contributed by atoms with E-state index in [1.54, 1.807) is 6.08 Å². The third-order valence-corrected chi connectivity index (χ3v) is 4.21. The van der Waals surface area contributed by atoms with Crippen molar-refractivity contribution in [3.8, 4) is 0 Å². The van der Waals surface area contributed by atoms with Gasteiger partial charge in [-0.2, -0.15) is 0 Å². The van der Waals surface area contributed by atoms with Crippen LogP contribution in [0.3, 0.4) is 0 Å². The Bertz CT molecular complexity index is 513. The molecule has 3 nitrogen and oxygen atoms in total. The van der Waals surface area contributed by atoms with Crippen LogP contribution < -0.4 is 0 Å². The molecule has 3 heteroatoms. The zero-order valence-electron chi connectivity index (χ0n) is 13.3. The van der Waals surface area contributed by atoms with E-state index >= 15 is 0 Å². The van der Waals surface area contributed by atoms with Crippen LogP contribution in [0.5, 0.6) is 0 Å². The highest BCUT2D eigenvalue weighted by Crippen LogP contribution is 2.17. The number of hydrogen-bond donors (Lipinski definition) is 0. The summed E-state index contributed by atoms with van der Waals surface area (Å²) < 4.78 is 0. The molecule has 1 aliphatic heterocycles. The van der Waals surface area contributed by atoms with Gasteiger partial charge < -0.3 is 4.90 Å². The average molecular weight is 299 g/mol. The smallest absolute Gasteiger partial charge is 0.222 e. The maximum atomic E-state index is 12.1. The molecular weight excluding hydrogens is 274 g/mol. The molecule has 0 spiro atoms. The van der Waals surface area contributed by atoms with Crippen molar-refractivity contribution in [1.82, 2.24) is 4.90 Å². The summed E-state index contributed by atoms with van der Waals surface area (Å²) in [5, 5.41) is 0. The van der Waals surface area contributed by atoms with Crippen molar-refractivity contribution < 1.29 is 9.59 Å². The van der Waals surface area contributed by atoms with Crippen LogP contribution in [0, 0.1) is 5.92 Å². The van der Waals surface area contributed by atoms with E-state index in [0.29, 0.717) is 19.3 Å². The summed E-state index contributed by atoms with van der Waals surface area (Å²) in [6, 6.07) is 9.77. The number of ketones is 1. The maximum Gasteiger partial charge on any atom is 0.222 e. The van der Waals surface area contributed by atoms with Crippen molar-refractivity contribution in [2.24, 2.45) is 5.92 Å². The molecule has 0 atom stereocenters. The van der Waals surface area contributed by atoms with Crippen molar-refractivity contribution in [2.45, 2.75) is 39.0 Å². The number of likely N-dealkylation sites (tertiary alicyclic amines) is 1. The molecule has 0 aliphatic carbocycles. The van der Waals surface area contributed by atoms with Gasteiger partial charge >= 0.3 is 0 Å². The van der Waals surface area contributed by atoms with Crippen LogP contribution in [-0.2, 0) is 9.59 Å². The van der Waals surface area contributed by atoms with E-state index in [0.717, 1.165) is 37.4 Å². The van der Waals surface area contributed by atoms with E-state index < -0.39 is 0 Å². The summed E-state index contributed by atoms with van der Waals surface area (Å²) in [6.07, 6.45) is 7.22. The number of carbonyl (C=O) groups excluding carboxylic acids is 2. The monoisotopic (exact) mass is 299 g/mol. The number of piperidine rings is 1. The molecule has 0 bridgehead atoms. The molecule has 1 saturated heterocycles. The summed E-state index contributed by atoms with van der Waals surface area (Å²) in [6.45, 7) is 3.99. The number of hydrogen-bond acceptors (Lipinski definition) is 2. The Kier molecular flexibility index (Phi) is 6.38. The fourth-order valence-corrected chi connectivity index (χ4v) is 2.67. The summed E-state index contributed by atoms with van der Waals surface area (Å²) >= 11 is 0. The largest absolute Gasteiger partial charge is 0.343 e. The van der Waals surface area contributed by atoms with Crippen LogP contribution in [0.4, 0.5) is 0 Å². The molecule has 0 unspecified atom stereocenters. The predicted molar refractivity (Wildman–Crippen MR) is 89.3 cm³/mol. The first kappa shape index (κ1) is 16.5. The molecule has 1 amide bonds. The first-order valence-electron chi connectivity index (χ1n) is 8.19. The van der Waals surface area contributed by atoms with Gasteiger partial charge in [0.1, 0.15) is 0 Å². The van der Waals surface area contributed by atoms with Gasteiger partial charge in [-0.3, -0.25) is 9.59 Å². The zero-order chi connectivity index (χ0) is 15.8. The van der Waals surface area contributed by atoms with E-state index in [1.807, 2.05) is 41.3 Å². The molecule has 1 aliphatic rings. The van der Waals surface area contributed by atoms with Gasteiger partial charge in [0.25, 0.3) is 0 Å². The van der Waals surface area contributed by atoms with Crippen molar-refractivity contribution >= 4 is 17.8 Å². The highest BCUT2D eigenvalue weighted by Gasteiger charge is 2.19. The Balaban J connectivity index is 1.66. The number of carbonyl (C=O) groups is 2. The summed E-state index contributed by atoms with van der Waals surface area (Å²) in [5.74, 6) is 1.02. The second-order valence-electron chi connectivity index (χ2n) is 6.13. The fraction of sp³-hybridized carbons (Fsp3) is 0.474. The number of benzene rings is 1. The normalized spacial score (nSPS) is 16.1. The molecule has 0 aromatic heterocycles. The first-order valence-corrected chi connectivity index (χ1v) is 8.19. The number of nitrogens with zero attached hydrogens (tertiary/aromatic N) is 1. The second kappa shape index (κ2) is 8.52. The number of amides is 1. The first-order chi connectivity index (χ1) is 10.6. The number of rotatable bonds is 6. The highest BCUT2D eigenvalue weighted by atomic mass is 16.2. The van der Waals surface area contributed by atoms with Gasteiger partial charge in [0.15, 0.2) is 5.78 Å². The van der Waals surface area contributed by atoms with E-state index in [2.05, 4.69) is 6.92 Å². The lowest BCUT2D eigenvalue weighted by Gasteiger charge is -2.30. The lowest BCUT2D eigenvalue weighted by molar-refractivity contribution is -0.132. The Hall–Kier alpha value is -1.90. The van der Waals surface area contributed by atoms with Crippen LogP contribution in [0.15, 0.2) is 36.4 Å². The van der Waals surface area contributed by atoms with Crippen molar-refractivity contribution in [2.75, 3.05) is 13.1 Å². The van der Waals surface area contributed by atoms with Gasteiger partial charge in [0, 0.05) is 25.9 Å². The van der Waals surface area contributed by atoms with E-state index in [9.17, 15) is 9.59 Å². The molecule has 22 heavy (non-hydrogen) atoms. The standard InChI is InChI=1S/C19H25NO2/c1-16-12-14-20(15-13-16)19(22)9-5-8-18(21)11-10-17-6-3-2-4-7-17/h2-4,6-7,10-11,16H,5,8-9,12-15H2,1H3. The van der Waals surface area contributed by atoms with Gasteiger partial charge in [-0.1, -0.05) is 43.3 Å². The highest BCUT2D eigenvalue weighted by molar-refractivity contribution is 5.93. The molecule has 0 saturated carbocycles. The molecule has 2 rings (SSSR count). The van der Waals surface area contributed by atoms with Crippen LogP contribution in [0.1, 0.15) is 44.6 Å².